The predicted octanol–water partition coefficient (Wildman–Crippen LogP) is 2.09. The standard InChI is InChI=1S/C18H24N6O/c1-13-3-4-15-22-17(16-14(2)20-12-21-16)18(24(15)11-13)19-5-6-23-7-9-25-10-8-23/h3-4,11-12,19H,5-10H2,1-2H3,(H,20,21). The minimum absolute atomic E-state index is 0.826. The lowest BCUT2D eigenvalue weighted by atomic mass is 10.2. The summed E-state index contributed by atoms with van der Waals surface area (Å²) >= 11 is 0. The third-order valence-electron chi connectivity index (χ3n) is 4.64. The second-order valence-corrected chi connectivity index (χ2v) is 6.50. The Morgan fingerprint density at radius 2 is 2.04 bits per heavy atom. The van der Waals surface area contributed by atoms with E-state index in [1.807, 2.05) is 13.0 Å². The van der Waals surface area contributed by atoms with Gasteiger partial charge in [0, 0.05) is 38.1 Å². The SMILES string of the molecule is Cc1ccc2nc(-c3nc[nH]c3C)c(NCCN3CCOCC3)n2c1. The number of aromatic amines is 1. The van der Waals surface area contributed by atoms with Gasteiger partial charge >= 0.3 is 0 Å². The highest BCUT2D eigenvalue weighted by atomic mass is 16.5. The Hall–Kier alpha value is -2.38. The van der Waals surface area contributed by atoms with Crippen LogP contribution in [0.3, 0.4) is 0 Å². The van der Waals surface area contributed by atoms with E-state index in [1.54, 1.807) is 6.33 Å². The van der Waals surface area contributed by atoms with Gasteiger partial charge in [-0.05, 0) is 25.5 Å². The van der Waals surface area contributed by atoms with E-state index in [0.717, 1.165) is 67.9 Å². The lowest BCUT2D eigenvalue weighted by molar-refractivity contribution is 0.0398. The molecule has 0 amide bonds. The number of nitrogens with zero attached hydrogens (tertiary/aromatic N) is 4. The van der Waals surface area contributed by atoms with Crippen LogP contribution in [0.5, 0.6) is 0 Å². The van der Waals surface area contributed by atoms with E-state index >= 15 is 0 Å². The normalized spacial score (nSPS) is 15.8. The summed E-state index contributed by atoms with van der Waals surface area (Å²) in [6, 6.07) is 4.13. The number of anilines is 1. The Morgan fingerprint density at radius 3 is 2.80 bits per heavy atom. The van der Waals surface area contributed by atoms with Crippen LogP contribution < -0.4 is 5.32 Å². The summed E-state index contributed by atoms with van der Waals surface area (Å²) in [7, 11) is 0. The minimum atomic E-state index is 0.826. The second kappa shape index (κ2) is 6.85. The van der Waals surface area contributed by atoms with Crippen LogP contribution >= 0.6 is 0 Å². The van der Waals surface area contributed by atoms with Gasteiger partial charge in [0.25, 0.3) is 0 Å². The Kier molecular flexibility index (Phi) is 4.42. The van der Waals surface area contributed by atoms with Crippen LogP contribution in [0.2, 0.25) is 0 Å². The van der Waals surface area contributed by atoms with E-state index in [2.05, 4.69) is 43.8 Å². The van der Waals surface area contributed by atoms with Crippen molar-refractivity contribution in [3.05, 3.63) is 35.9 Å². The Morgan fingerprint density at radius 1 is 1.20 bits per heavy atom. The minimum Gasteiger partial charge on any atom is -0.379 e. The molecule has 7 heteroatoms. The molecule has 1 fully saturated rings. The summed E-state index contributed by atoms with van der Waals surface area (Å²) in [4.78, 5) is 14.8. The molecule has 7 nitrogen and oxygen atoms in total. The molecule has 2 N–H and O–H groups in total. The maximum absolute atomic E-state index is 5.42. The predicted molar refractivity (Wildman–Crippen MR) is 98.0 cm³/mol. The first-order valence-electron chi connectivity index (χ1n) is 8.75. The molecule has 0 aromatic carbocycles. The lowest BCUT2D eigenvalue weighted by Gasteiger charge is -2.26. The van der Waals surface area contributed by atoms with Crippen LogP contribution in [-0.4, -0.2) is 63.6 Å². The third-order valence-corrected chi connectivity index (χ3v) is 4.64. The van der Waals surface area contributed by atoms with E-state index in [4.69, 9.17) is 9.72 Å². The fourth-order valence-corrected chi connectivity index (χ4v) is 3.24. The zero-order chi connectivity index (χ0) is 17.2. The maximum atomic E-state index is 5.42. The van der Waals surface area contributed by atoms with Crippen molar-refractivity contribution in [1.29, 1.82) is 0 Å². The van der Waals surface area contributed by atoms with Crippen molar-refractivity contribution >= 4 is 11.5 Å². The Bertz CT molecular complexity index is 862. The first-order valence-corrected chi connectivity index (χ1v) is 8.75. The number of ether oxygens (including phenoxy) is 1. The van der Waals surface area contributed by atoms with Crippen LogP contribution in [0.15, 0.2) is 24.7 Å². The maximum Gasteiger partial charge on any atom is 0.140 e. The molecule has 0 unspecified atom stereocenters. The second-order valence-electron chi connectivity index (χ2n) is 6.50. The average molecular weight is 340 g/mol. The first kappa shape index (κ1) is 16.1. The van der Waals surface area contributed by atoms with E-state index in [1.165, 1.54) is 5.56 Å². The smallest absolute Gasteiger partial charge is 0.140 e. The summed E-state index contributed by atoms with van der Waals surface area (Å²) in [5.74, 6) is 1.00. The van der Waals surface area contributed by atoms with E-state index in [0.29, 0.717) is 0 Å². The molecule has 4 heterocycles. The van der Waals surface area contributed by atoms with Crippen LogP contribution in [-0.2, 0) is 4.74 Å². The highest BCUT2D eigenvalue weighted by Crippen LogP contribution is 2.29. The quantitative estimate of drug-likeness (QED) is 0.744. The zero-order valence-corrected chi connectivity index (χ0v) is 14.7. The molecule has 1 saturated heterocycles. The first-order chi connectivity index (χ1) is 12.2. The molecule has 3 aromatic heterocycles. The molecule has 132 valence electrons. The van der Waals surface area contributed by atoms with E-state index in [-0.39, 0.29) is 0 Å². The lowest BCUT2D eigenvalue weighted by Crippen LogP contribution is -2.39. The Balaban J connectivity index is 1.62. The van der Waals surface area contributed by atoms with Gasteiger partial charge in [0.1, 0.15) is 22.9 Å². The van der Waals surface area contributed by atoms with E-state index < -0.39 is 0 Å². The van der Waals surface area contributed by atoms with Crippen molar-refractivity contribution in [1.82, 2.24) is 24.3 Å². The topological polar surface area (TPSA) is 70.5 Å². The highest BCUT2D eigenvalue weighted by Gasteiger charge is 2.18. The number of imidazole rings is 2. The van der Waals surface area contributed by atoms with Gasteiger partial charge in [0.15, 0.2) is 0 Å². The molecule has 0 saturated carbocycles. The number of pyridine rings is 1. The molecule has 0 aliphatic carbocycles. The van der Waals surface area contributed by atoms with Crippen LogP contribution in [0.4, 0.5) is 5.82 Å². The van der Waals surface area contributed by atoms with Crippen LogP contribution in [0.25, 0.3) is 17.0 Å². The average Bonchev–Trinajstić information content (AvgIpc) is 3.19. The number of rotatable bonds is 5. The molecule has 1 aliphatic rings. The largest absolute Gasteiger partial charge is 0.379 e. The molecule has 0 bridgehead atoms. The van der Waals surface area contributed by atoms with Crippen molar-refractivity contribution in [2.45, 2.75) is 13.8 Å². The fraction of sp³-hybridized carbons (Fsp3) is 0.444. The number of nitrogens with one attached hydrogen (secondary N) is 2. The zero-order valence-electron chi connectivity index (χ0n) is 14.7. The highest BCUT2D eigenvalue weighted by molar-refractivity contribution is 5.75. The fourth-order valence-electron chi connectivity index (χ4n) is 3.24. The van der Waals surface area contributed by atoms with Gasteiger partial charge in [-0.15, -0.1) is 0 Å². The van der Waals surface area contributed by atoms with Crippen molar-refractivity contribution in [3.8, 4) is 11.4 Å². The molecule has 4 rings (SSSR count). The molecular weight excluding hydrogens is 316 g/mol. The molecule has 0 spiro atoms. The molecule has 3 aromatic rings. The Labute approximate surface area is 147 Å². The van der Waals surface area contributed by atoms with Gasteiger partial charge in [-0.25, -0.2) is 9.97 Å². The summed E-state index contributed by atoms with van der Waals surface area (Å²) in [6.07, 6.45) is 3.84. The summed E-state index contributed by atoms with van der Waals surface area (Å²) < 4.78 is 7.54. The van der Waals surface area contributed by atoms with Crippen molar-refractivity contribution < 1.29 is 4.74 Å². The number of hydrogen-bond donors (Lipinski definition) is 2. The van der Waals surface area contributed by atoms with Gasteiger partial charge < -0.3 is 15.0 Å². The number of morpholine rings is 1. The number of hydrogen-bond acceptors (Lipinski definition) is 5. The molecule has 0 radical (unpaired) electrons. The number of H-pyrrole nitrogens is 1. The molecule has 25 heavy (non-hydrogen) atoms. The molecule has 0 atom stereocenters. The van der Waals surface area contributed by atoms with Crippen molar-refractivity contribution in [3.63, 3.8) is 0 Å². The van der Waals surface area contributed by atoms with Crippen LogP contribution in [0.1, 0.15) is 11.3 Å². The van der Waals surface area contributed by atoms with Gasteiger partial charge in [-0.3, -0.25) is 9.30 Å². The van der Waals surface area contributed by atoms with Crippen molar-refractivity contribution in [2.75, 3.05) is 44.7 Å². The summed E-state index contributed by atoms with van der Waals surface area (Å²) in [6.45, 7) is 9.61. The van der Waals surface area contributed by atoms with Crippen LogP contribution in [0, 0.1) is 13.8 Å². The number of fused-ring (bicyclic) bond motifs is 1. The molecular formula is C18H24N6O. The van der Waals surface area contributed by atoms with Crippen molar-refractivity contribution in [2.24, 2.45) is 0 Å². The monoisotopic (exact) mass is 340 g/mol. The van der Waals surface area contributed by atoms with Gasteiger partial charge in [-0.1, -0.05) is 6.07 Å². The number of aromatic nitrogens is 4. The third kappa shape index (κ3) is 3.25. The molecule has 1 aliphatic heterocycles. The van der Waals surface area contributed by atoms with Gasteiger partial charge in [-0.2, -0.15) is 0 Å². The van der Waals surface area contributed by atoms with Gasteiger partial charge in [0.05, 0.1) is 19.5 Å². The summed E-state index contributed by atoms with van der Waals surface area (Å²) in [5, 5.41) is 3.59. The number of aryl methyl sites for hydroxylation is 2. The van der Waals surface area contributed by atoms with E-state index in [9.17, 15) is 0 Å². The summed E-state index contributed by atoms with van der Waals surface area (Å²) in [5.41, 5.74) is 4.95. The van der Waals surface area contributed by atoms with Gasteiger partial charge in [0.2, 0.25) is 0 Å².